The fraction of sp³-hybridized carbons (Fsp3) is 0.500. The van der Waals surface area contributed by atoms with E-state index in [1.165, 1.54) is 12.0 Å². The van der Waals surface area contributed by atoms with Crippen molar-refractivity contribution in [3.8, 4) is 0 Å². The molecule has 2 N–H and O–H groups in total. The van der Waals surface area contributed by atoms with Crippen molar-refractivity contribution in [3.63, 3.8) is 0 Å². The number of nitrogens with two attached hydrogens (primary N) is 1. The van der Waals surface area contributed by atoms with E-state index in [4.69, 9.17) is 5.73 Å². The Balaban J connectivity index is 2.16. The van der Waals surface area contributed by atoms with Crippen LogP contribution in [0.4, 0.5) is 0 Å². The van der Waals surface area contributed by atoms with Crippen molar-refractivity contribution in [2.24, 2.45) is 11.7 Å². The third-order valence-electron chi connectivity index (χ3n) is 4.01. The first-order valence-corrected chi connectivity index (χ1v) is 5.13. The Morgan fingerprint density at radius 1 is 1.15 bits per heavy atom. The summed E-state index contributed by atoms with van der Waals surface area (Å²) in [7, 11) is 0. The van der Waals surface area contributed by atoms with E-state index < -0.39 is 0 Å². The highest BCUT2D eigenvalue weighted by atomic mass is 14.7. The molecule has 68 valence electrons. The second-order valence-electron chi connectivity index (χ2n) is 4.51. The molecule has 1 heteroatoms. The Labute approximate surface area is 78.9 Å². The molecule has 1 fully saturated rings. The lowest BCUT2D eigenvalue weighted by molar-refractivity contribution is 0.445. The minimum Gasteiger partial charge on any atom is -0.327 e. The SMILES string of the molecule is CC1C2CC(c3ccccc32)C1N. The normalized spacial score (nSPS) is 40.8. The Morgan fingerprint density at radius 3 is 2.46 bits per heavy atom. The maximum atomic E-state index is 6.18. The lowest BCUT2D eigenvalue weighted by atomic mass is 9.82. The van der Waals surface area contributed by atoms with E-state index in [0.717, 1.165) is 5.92 Å². The molecule has 1 saturated carbocycles. The number of benzene rings is 1. The molecule has 4 atom stereocenters. The second kappa shape index (κ2) is 2.36. The van der Waals surface area contributed by atoms with Crippen LogP contribution in [0.5, 0.6) is 0 Å². The van der Waals surface area contributed by atoms with Gasteiger partial charge in [-0.3, -0.25) is 0 Å². The topological polar surface area (TPSA) is 26.0 Å². The van der Waals surface area contributed by atoms with Crippen LogP contribution in [0.1, 0.15) is 36.3 Å². The summed E-state index contributed by atoms with van der Waals surface area (Å²) in [5, 5.41) is 0. The molecule has 4 unspecified atom stereocenters. The average Bonchev–Trinajstić information content (AvgIpc) is 2.66. The minimum absolute atomic E-state index is 0.403. The molecule has 1 aromatic carbocycles. The summed E-state index contributed by atoms with van der Waals surface area (Å²) in [6, 6.07) is 9.22. The monoisotopic (exact) mass is 173 g/mol. The van der Waals surface area contributed by atoms with Gasteiger partial charge in [-0.25, -0.2) is 0 Å². The van der Waals surface area contributed by atoms with Crippen LogP contribution in [0.3, 0.4) is 0 Å². The summed E-state index contributed by atoms with van der Waals surface area (Å²) in [5.74, 6) is 2.08. The molecule has 0 amide bonds. The second-order valence-corrected chi connectivity index (χ2v) is 4.51. The van der Waals surface area contributed by atoms with E-state index in [0.29, 0.717) is 17.9 Å². The zero-order valence-corrected chi connectivity index (χ0v) is 7.90. The van der Waals surface area contributed by atoms with Crippen molar-refractivity contribution in [3.05, 3.63) is 35.4 Å². The summed E-state index contributed by atoms with van der Waals surface area (Å²) in [4.78, 5) is 0. The van der Waals surface area contributed by atoms with Crippen molar-refractivity contribution >= 4 is 0 Å². The molecule has 13 heavy (non-hydrogen) atoms. The standard InChI is InChI=1S/C12H15N/c1-7-10-6-11(12(7)13)9-5-3-2-4-8(9)10/h2-5,7,10-12H,6,13H2,1H3. The van der Waals surface area contributed by atoms with Gasteiger partial charge in [0, 0.05) is 12.0 Å². The van der Waals surface area contributed by atoms with Crippen LogP contribution in [-0.4, -0.2) is 6.04 Å². The van der Waals surface area contributed by atoms with Crippen LogP contribution >= 0.6 is 0 Å². The first-order valence-electron chi connectivity index (χ1n) is 5.13. The molecule has 0 saturated heterocycles. The molecule has 1 nitrogen and oxygen atoms in total. The van der Waals surface area contributed by atoms with Gasteiger partial charge in [-0.15, -0.1) is 0 Å². The molecule has 0 heterocycles. The van der Waals surface area contributed by atoms with Crippen molar-refractivity contribution in [1.29, 1.82) is 0 Å². The van der Waals surface area contributed by atoms with Crippen LogP contribution in [0.2, 0.25) is 0 Å². The Morgan fingerprint density at radius 2 is 1.77 bits per heavy atom. The Hall–Kier alpha value is -0.820. The van der Waals surface area contributed by atoms with Gasteiger partial charge in [0.05, 0.1) is 0 Å². The first-order chi connectivity index (χ1) is 6.29. The summed E-state index contributed by atoms with van der Waals surface area (Å²) in [6.45, 7) is 2.30. The third kappa shape index (κ3) is 0.806. The Kier molecular flexibility index (Phi) is 1.37. The zero-order valence-electron chi connectivity index (χ0n) is 7.90. The van der Waals surface area contributed by atoms with Gasteiger partial charge in [0.15, 0.2) is 0 Å². The Bertz CT molecular complexity index is 312. The van der Waals surface area contributed by atoms with Gasteiger partial charge in [0.2, 0.25) is 0 Å². The summed E-state index contributed by atoms with van der Waals surface area (Å²) in [5.41, 5.74) is 9.28. The highest BCUT2D eigenvalue weighted by Gasteiger charge is 2.46. The fourth-order valence-electron chi connectivity index (χ4n) is 3.21. The van der Waals surface area contributed by atoms with E-state index >= 15 is 0 Å². The van der Waals surface area contributed by atoms with E-state index in [2.05, 4.69) is 31.2 Å². The molecule has 0 aromatic heterocycles. The molecule has 2 aliphatic rings. The van der Waals surface area contributed by atoms with Crippen molar-refractivity contribution < 1.29 is 0 Å². The number of hydrogen-bond donors (Lipinski definition) is 1. The van der Waals surface area contributed by atoms with Gasteiger partial charge in [-0.1, -0.05) is 31.2 Å². The molecular weight excluding hydrogens is 158 g/mol. The summed E-state index contributed by atoms with van der Waals surface area (Å²) < 4.78 is 0. The van der Waals surface area contributed by atoms with Crippen LogP contribution in [0, 0.1) is 5.92 Å². The largest absolute Gasteiger partial charge is 0.327 e. The highest BCUT2D eigenvalue weighted by Crippen LogP contribution is 2.55. The molecule has 0 spiro atoms. The summed E-state index contributed by atoms with van der Waals surface area (Å²) >= 11 is 0. The van der Waals surface area contributed by atoms with Crippen molar-refractivity contribution in [2.75, 3.05) is 0 Å². The average molecular weight is 173 g/mol. The van der Waals surface area contributed by atoms with E-state index in [-0.39, 0.29) is 0 Å². The maximum Gasteiger partial charge on any atom is 0.0140 e. The van der Waals surface area contributed by atoms with E-state index in [9.17, 15) is 0 Å². The molecule has 1 aromatic rings. The molecule has 0 aliphatic heterocycles. The number of hydrogen-bond acceptors (Lipinski definition) is 1. The maximum absolute atomic E-state index is 6.18. The number of rotatable bonds is 0. The third-order valence-corrected chi connectivity index (χ3v) is 4.01. The minimum atomic E-state index is 0.403. The smallest absolute Gasteiger partial charge is 0.0140 e. The molecule has 0 radical (unpaired) electrons. The van der Waals surface area contributed by atoms with Crippen LogP contribution in [0.25, 0.3) is 0 Å². The first kappa shape index (κ1) is 7.57. The van der Waals surface area contributed by atoms with Gasteiger partial charge in [-0.05, 0) is 29.4 Å². The lowest BCUT2D eigenvalue weighted by Crippen LogP contribution is -2.32. The van der Waals surface area contributed by atoms with Crippen molar-refractivity contribution in [2.45, 2.75) is 31.2 Å². The van der Waals surface area contributed by atoms with Gasteiger partial charge in [0.1, 0.15) is 0 Å². The predicted octanol–water partition coefficient (Wildman–Crippen LogP) is 2.23. The van der Waals surface area contributed by atoms with E-state index in [1.807, 2.05) is 0 Å². The fourth-order valence-corrected chi connectivity index (χ4v) is 3.21. The zero-order chi connectivity index (χ0) is 9.00. The van der Waals surface area contributed by atoms with Crippen LogP contribution < -0.4 is 5.73 Å². The van der Waals surface area contributed by atoms with Gasteiger partial charge in [0.25, 0.3) is 0 Å². The van der Waals surface area contributed by atoms with Crippen LogP contribution in [0.15, 0.2) is 24.3 Å². The highest BCUT2D eigenvalue weighted by molar-refractivity contribution is 5.43. The summed E-state index contributed by atoms with van der Waals surface area (Å²) in [6.07, 6.45) is 1.29. The van der Waals surface area contributed by atoms with E-state index in [1.54, 1.807) is 5.56 Å². The number of fused-ring (bicyclic) bond motifs is 5. The molecule has 2 aliphatic carbocycles. The lowest BCUT2D eigenvalue weighted by Gasteiger charge is -2.27. The molecular formula is C12H15N. The predicted molar refractivity (Wildman–Crippen MR) is 53.7 cm³/mol. The molecule has 2 bridgehead atoms. The quantitative estimate of drug-likeness (QED) is 0.639. The molecule has 3 rings (SSSR count). The van der Waals surface area contributed by atoms with Gasteiger partial charge < -0.3 is 5.73 Å². The van der Waals surface area contributed by atoms with Crippen LogP contribution in [-0.2, 0) is 0 Å². The van der Waals surface area contributed by atoms with Gasteiger partial charge in [-0.2, -0.15) is 0 Å². The van der Waals surface area contributed by atoms with Crippen molar-refractivity contribution in [1.82, 2.24) is 0 Å². The van der Waals surface area contributed by atoms with Gasteiger partial charge >= 0.3 is 0 Å².